The summed E-state index contributed by atoms with van der Waals surface area (Å²) in [5.41, 5.74) is -0.531. The molecule has 2 rings (SSSR count). The lowest BCUT2D eigenvalue weighted by Crippen LogP contribution is -2.52. The molecule has 0 spiro atoms. The van der Waals surface area contributed by atoms with Crippen LogP contribution >= 0.6 is 0 Å². The summed E-state index contributed by atoms with van der Waals surface area (Å²) in [4.78, 5) is 18.4. The van der Waals surface area contributed by atoms with Gasteiger partial charge in [-0.3, -0.25) is 4.90 Å². The van der Waals surface area contributed by atoms with Crippen LogP contribution in [-0.2, 0) is 10.9 Å². The molecule has 8 heteroatoms. The van der Waals surface area contributed by atoms with Crippen LogP contribution in [0.2, 0.25) is 0 Å². The molecule has 1 aliphatic heterocycles. The molecule has 0 aliphatic carbocycles. The molecule has 1 atom stereocenters. The molecule has 30 heavy (non-hydrogen) atoms. The molecule has 1 fully saturated rings. The van der Waals surface area contributed by atoms with Crippen LogP contribution in [0, 0.1) is 0 Å². The highest BCUT2D eigenvalue weighted by atomic mass is 19.4. The number of piperazine rings is 1. The Hall–Kier alpha value is -1.80. The van der Waals surface area contributed by atoms with Crippen molar-refractivity contribution in [3.63, 3.8) is 0 Å². The number of ether oxygens (including phenoxy) is 1. The van der Waals surface area contributed by atoms with Crippen molar-refractivity contribution in [3.05, 3.63) is 35.4 Å². The molecule has 1 heterocycles. The van der Waals surface area contributed by atoms with Gasteiger partial charge in [-0.1, -0.05) is 26.0 Å². The number of carbonyl (C=O) groups excluding carboxylic acids is 1. The number of amides is 1. The highest BCUT2D eigenvalue weighted by Crippen LogP contribution is 2.32. The molecule has 0 radical (unpaired) electrons. The lowest BCUT2D eigenvalue weighted by atomic mass is 10.0. The van der Waals surface area contributed by atoms with Crippen LogP contribution in [0.25, 0.3) is 0 Å². The Bertz CT molecular complexity index is 692. The van der Waals surface area contributed by atoms with Crippen LogP contribution in [0.5, 0.6) is 0 Å². The van der Waals surface area contributed by atoms with Crippen molar-refractivity contribution in [1.29, 1.82) is 0 Å². The Morgan fingerprint density at radius 1 is 1.10 bits per heavy atom. The summed E-state index contributed by atoms with van der Waals surface area (Å²) in [6.45, 7) is 14.0. The first-order valence-corrected chi connectivity index (χ1v) is 10.6. The Labute approximate surface area is 177 Å². The van der Waals surface area contributed by atoms with Crippen LogP contribution < -0.4 is 0 Å². The Kier molecular flexibility index (Phi) is 8.16. The van der Waals surface area contributed by atoms with Gasteiger partial charge in [0.05, 0.1) is 5.56 Å². The van der Waals surface area contributed by atoms with Crippen molar-refractivity contribution in [3.8, 4) is 0 Å². The highest BCUT2D eigenvalue weighted by Gasteiger charge is 2.33. The standard InChI is InChI=1S/C22H34F3N3O2/c1-6-26(7-2)16-19(17-9-8-10-18(15-17)22(23,24)25)27-11-13-28(14-12-27)20(29)30-21(3,4)5/h8-10,15,19H,6-7,11-14,16H2,1-5H3. The second kappa shape index (κ2) is 10.0. The number of likely N-dealkylation sites (N-methyl/N-ethyl adjacent to an activating group) is 1. The number of halogens is 3. The van der Waals surface area contributed by atoms with Gasteiger partial charge in [0.1, 0.15) is 5.60 Å². The van der Waals surface area contributed by atoms with Gasteiger partial charge in [0.25, 0.3) is 0 Å². The summed E-state index contributed by atoms with van der Waals surface area (Å²) in [5.74, 6) is 0. The quantitative estimate of drug-likeness (QED) is 0.660. The molecular weight excluding hydrogens is 395 g/mol. The van der Waals surface area contributed by atoms with E-state index in [1.54, 1.807) is 11.0 Å². The van der Waals surface area contributed by atoms with Crippen molar-refractivity contribution in [2.75, 3.05) is 45.8 Å². The zero-order valence-electron chi connectivity index (χ0n) is 18.6. The summed E-state index contributed by atoms with van der Waals surface area (Å²) < 4.78 is 45.2. The molecule has 1 saturated heterocycles. The monoisotopic (exact) mass is 429 g/mol. The van der Waals surface area contributed by atoms with Crippen LogP contribution in [0.15, 0.2) is 24.3 Å². The number of hydrogen-bond donors (Lipinski definition) is 0. The molecule has 1 aromatic carbocycles. The summed E-state index contributed by atoms with van der Waals surface area (Å²) in [5, 5.41) is 0. The molecule has 170 valence electrons. The molecule has 1 amide bonds. The van der Waals surface area contributed by atoms with Gasteiger partial charge in [0.15, 0.2) is 0 Å². The fraction of sp³-hybridized carbons (Fsp3) is 0.682. The van der Waals surface area contributed by atoms with E-state index < -0.39 is 17.3 Å². The minimum Gasteiger partial charge on any atom is -0.444 e. The number of hydrogen-bond acceptors (Lipinski definition) is 4. The van der Waals surface area contributed by atoms with Gasteiger partial charge in [0, 0.05) is 38.8 Å². The van der Waals surface area contributed by atoms with Crippen LogP contribution in [0.3, 0.4) is 0 Å². The Morgan fingerprint density at radius 2 is 1.70 bits per heavy atom. The Balaban J connectivity index is 2.18. The third-order valence-electron chi connectivity index (χ3n) is 5.33. The van der Waals surface area contributed by atoms with E-state index in [1.807, 2.05) is 34.6 Å². The van der Waals surface area contributed by atoms with Crippen molar-refractivity contribution in [2.24, 2.45) is 0 Å². The SMILES string of the molecule is CCN(CC)CC(c1cccc(C(F)(F)F)c1)N1CCN(C(=O)OC(C)(C)C)CC1. The normalized spacial score (nSPS) is 17.3. The third kappa shape index (κ3) is 6.87. The zero-order chi connectivity index (χ0) is 22.5. The smallest absolute Gasteiger partial charge is 0.416 e. The van der Waals surface area contributed by atoms with E-state index in [2.05, 4.69) is 9.80 Å². The summed E-state index contributed by atoms with van der Waals surface area (Å²) >= 11 is 0. The average Bonchev–Trinajstić information content (AvgIpc) is 2.67. The van der Waals surface area contributed by atoms with Gasteiger partial charge in [-0.05, 0) is 51.6 Å². The van der Waals surface area contributed by atoms with E-state index >= 15 is 0 Å². The molecular formula is C22H34F3N3O2. The molecule has 0 N–H and O–H groups in total. The van der Waals surface area contributed by atoms with Gasteiger partial charge >= 0.3 is 12.3 Å². The minimum absolute atomic E-state index is 0.173. The van der Waals surface area contributed by atoms with E-state index in [0.29, 0.717) is 38.3 Å². The predicted octanol–water partition coefficient (Wildman–Crippen LogP) is 4.64. The second-order valence-electron chi connectivity index (χ2n) is 8.63. The molecule has 1 aromatic rings. The topological polar surface area (TPSA) is 36.0 Å². The predicted molar refractivity (Wildman–Crippen MR) is 111 cm³/mol. The van der Waals surface area contributed by atoms with E-state index in [-0.39, 0.29) is 12.1 Å². The zero-order valence-corrected chi connectivity index (χ0v) is 18.6. The minimum atomic E-state index is -4.37. The van der Waals surface area contributed by atoms with Crippen LogP contribution in [-0.4, -0.2) is 72.2 Å². The van der Waals surface area contributed by atoms with Gasteiger partial charge in [-0.15, -0.1) is 0 Å². The lowest BCUT2D eigenvalue weighted by Gasteiger charge is -2.41. The molecule has 1 aliphatic rings. The maximum Gasteiger partial charge on any atom is 0.416 e. The Morgan fingerprint density at radius 3 is 2.20 bits per heavy atom. The molecule has 1 unspecified atom stereocenters. The lowest BCUT2D eigenvalue weighted by molar-refractivity contribution is -0.137. The average molecular weight is 430 g/mol. The van der Waals surface area contributed by atoms with Crippen molar-refractivity contribution in [1.82, 2.24) is 14.7 Å². The van der Waals surface area contributed by atoms with Gasteiger partial charge in [-0.25, -0.2) is 4.79 Å². The van der Waals surface area contributed by atoms with E-state index in [4.69, 9.17) is 4.74 Å². The maximum atomic E-state index is 13.3. The first kappa shape index (κ1) is 24.5. The molecule has 0 saturated carbocycles. The number of alkyl halides is 3. The van der Waals surface area contributed by atoms with Crippen LogP contribution in [0.1, 0.15) is 51.8 Å². The van der Waals surface area contributed by atoms with Crippen molar-refractivity contribution >= 4 is 6.09 Å². The number of rotatable bonds is 6. The molecule has 5 nitrogen and oxygen atoms in total. The largest absolute Gasteiger partial charge is 0.444 e. The molecule has 0 aromatic heterocycles. The van der Waals surface area contributed by atoms with Crippen molar-refractivity contribution in [2.45, 2.75) is 52.4 Å². The fourth-order valence-electron chi connectivity index (χ4n) is 3.62. The van der Waals surface area contributed by atoms with E-state index in [9.17, 15) is 18.0 Å². The first-order chi connectivity index (χ1) is 13.9. The third-order valence-corrected chi connectivity index (χ3v) is 5.33. The van der Waals surface area contributed by atoms with Gasteiger partial charge < -0.3 is 14.5 Å². The van der Waals surface area contributed by atoms with Crippen molar-refractivity contribution < 1.29 is 22.7 Å². The first-order valence-electron chi connectivity index (χ1n) is 10.6. The second-order valence-corrected chi connectivity index (χ2v) is 8.63. The van der Waals surface area contributed by atoms with E-state index in [1.165, 1.54) is 12.1 Å². The fourth-order valence-corrected chi connectivity index (χ4v) is 3.62. The highest BCUT2D eigenvalue weighted by molar-refractivity contribution is 5.68. The number of benzene rings is 1. The summed E-state index contributed by atoms with van der Waals surface area (Å²) in [7, 11) is 0. The summed E-state index contributed by atoms with van der Waals surface area (Å²) in [6.07, 6.45) is -4.72. The van der Waals surface area contributed by atoms with Gasteiger partial charge in [0.2, 0.25) is 0 Å². The maximum absolute atomic E-state index is 13.3. The molecule has 0 bridgehead atoms. The van der Waals surface area contributed by atoms with Gasteiger partial charge in [-0.2, -0.15) is 13.2 Å². The van der Waals surface area contributed by atoms with E-state index in [0.717, 1.165) is 19.2 Å². The van der Waals surface area contributed by atoms with Crippen LogP contribution in [0.4, 0.5) is 18.0 Å². The number of nitrogens with zero attached hydrogens (tertiary/aromatic N) is 3. The number of carbonyl (C=O) groups is 1. The summed E-state index contributed by atoms with van der Waals surface area (Å²) in [6, 6.07) is 5.44.